The summed E-state index contributed by atoms with van der Waals surface area (Å²) < 4.78 is 16.6. The van der Waals surface area contributed by atoms with Gasteiger partial charge in [0.1, 0.15) is 18.2 Å². The van der Waals surface area contributed by atoms with Gasteiger partial charge in [-0.3, -0.25) is 9.59 Å². The van der Waals surface area contributed by atoms with Gasteiger partial charge < -0.3 is 23.9 Å². The number of hydrogen-bond donors (Lipinski definition) is 1. The summed E-state index contributed by atoms with van der Waals surface area (Å²) in [6.07, 6.45) is 3.20. The number of hydrogen-bond acceptors (Lipinski definition) is 7. The summed E-state index contributed by atoms with van der Waals surface area (Å²) in [5, 5.41) is 4.46. The molecule has 186 valence electrons. The van der Waals surface area contributed by atoms with Crippen LogP contribution in [0.4, 0.5) is 0 Å². The van der Waals surface area contributed by atoms with Gasteiger partial charge in [-0.25, -0.2) is 4.98 Å². The Balaban J connectivity index is 1.45. The molecule has 0 spiro atoms. The first-order chi connectivity index (χ1) is 17.4. The van der Waals surface area contributed by atoms with E-state index in [1.54, 1.807) is 48.4 Å². The Bertz CT molecular complexity index is 1450. The highest BCUT2D eigenvalue weighted by Crippen LogP contribution is 2.30. The number of para-hydroxylation sites is 1. The summed E-state index contributed by atoms with van der Waals surface area (Å²) >= 11 is 0. The maximum absolute atomic E-state index is 12.9. The van der Waals surface area contributed by atoms with Crippen molar-refractivity contribution in [1.29, 1.82) is 0 Å². The van der Waals surface area contributed by atoms with Gasteiger partial charge in [0.15, 0.2) is 11.5 Å². The molecule has 0 unspecified atom stereocenters. The first-order valence-electron chi connectivity index (χ1n) is 11.6. The molecule has 4 rings (SSSR count). The molecule has 9 nitrogen and oxygen atoms in total. The summed E-state index contributed by atoms with van der Waals surface area (Å²) in [4.78, 5) is 34.1. The molecule has 1 amide bonds. The number of nitrogens with one attached hydrogen (secondary N) is 1. The minimum Gasteiger partial charge on any atom is -0.493 e. The van der Waals surface area contributed by atoms with Gasteiger partial charge in [-0.05, 0) is 56.7 Å². The maximum atomic E-state index is 12.9. The fraction of sp³-hybridized carbons (Fsp3) is 0.259. The number of nitrogens with zero attached hydrogens (tertiary/aromatic N) is 3. The molecule has 2 heterocycles. The number of fused-ring (bicyclic) bond motifs is 1. The van der Waals surface area contributed by atoms with Crippen molar-refractivity contribution in [3.8, 4) is 11.5 Å². The molecule has 0 saturated carbocycles. The standard InChI is InChI=1S/C27H28N4O5/c1-5-31(15-25-28-22-9-7-6-8-20(22)27(33)29-25)26(32)13-11-19-10-12-23(24(14-19)34-4)35-16-21-17(2)30-36-18(21)3/h6-14H,5,15-16H2,1-4H3,(H,28,29,33). The van der Waals surface area contributed by atoms with E-state index in [1.807, 2.05) is 32.9 Å². The largest absolute Gasteiger partial charge is 0.493 e. The normalized spacial score (nSPS) is 11.2. The topological polar surface area (TPSA) is 111 Å². The van der Waals surface area contributed by atoms with Gasteiger partial charge in [0.05, 0.1) is 35.8 Å². The lowest BCUT2D eigenvalue weighted by Gasteiger charge is -2.18. The van der Waals surface area contributed by atoms with Gasteiger partial charge in [0, 0.05) is 12.6 Å². The Morgan fingerprint density at radius 1 is 1.17 bits per heavy atom. The van der Waals surface area contributed by atoms with Crippen LogP contribution in [0.5, 0.6) is 11.5 Å². The molecule has 0 aliphatic heterocycles. The zero-order valence-corrected chi connectivity index (χ0v) is 20.7. The van der Waals surface area contributed by atoms with E-state index in [4.69, 9.17) is 14.0 Å². The zero-order valence-electron chi connectivity index (χ0n) is 20.7. The minimum atomic E-state index is -0.224. The van der Waals surface area contributed by atoms with Crippen molar-refractivity contribution < 1.29 is 18.8 Å². The number of aromatic amines is 1. The third-order valence-corrected chi connectivity index (χ3v) is 5.86. The van der Waals surface area contributed by atoms with E-state index in [9.17, 15) is 9.59 Å². The molecule has 0 saturated heterocycles. The van der Waals surface area contributed by atoms with E-state index in [1.165, 1.54) is 6.08 Å². The molecule has 2 aromatic carbocycles. The molecule has 0 aliphatic rings. The molecule has 0 aliphatic carbocycles. The second-order valence-electron chi connectivity index (χ2n) is 8.22. The number of rotatable bonds is 9. The fourth-order valence-corrected chi connectivity index (χ4v) is 3.77. The number of ether oxygens (including phenoxy) is 2. The predicted molar refractivity (Wildman–Crippen MR) is 136 cm³/mol. The van der Waals surface area contributed by atoms with Crippen LogP contribution in [0.25, 0.3) is 17.0 Å². The van der Waals surface area contributed by atoms with Crippen molar-refractivity contribution in [2.24, 2.45) is 0 Å². The van der Waals surface area contributed by atoms with Crippen LogP contribution in [-0.4, -0.2) is 39.6 Å². The third-order valence-electron chi connectivity index (χ3n) is 5.86. The van der Waals surface area contributed by atoms with Crippen LogP contribution in [0.1, 0.15) is 35.3 Å². The fourth-order valence-electron chi connectivity index (χ4n) is 3.77. The molecule has 1 N–H and O–H groups in total. The summed E-state index contributed by atoms with van der Waals surface area (Å²) in [5.74, 6) is 2.06. The second kappa shape index (κ2) is 10.9. The molecule has 9 heteroatoms. The van der Waals surface area contributed by atoms with Gasteiger partial charge in [-0.15, -0.1) is 0 Å². The third kappa shape index (κ3) is 5.46. The van der Waals surface area contributed by atoms with E-state index in [0.29, 0.717) is 47.1 Å². The first kappa shape index (κ1) is 24.7. The number of likely N-dealkylation sites (N-methyl/N-ethyl adjacent to an activating group) is 1. The average molecular weight is 489 g/mol. The maximum Gasteiger partial charge on any atom is 0.258 e. The van der Waals surface area contributed by atoms with Crippen molar-refractivity contribution in [3.63, 3.8) is 0 Å². The number of H-pyrrole nitrogens is 1. The zero-order chi connectivity index (χ0) is 25.7. The molecule has 2 aromatic heterocycles. The van der Waals surface area contributed by atoms with E-state index in [-0.39, 0.29) is 18.0 Å². The Labute approximate surface area is 208 Å². The van der Waals surface area contributed by atoms with Gasteiger partial charge in [-0.2, -0.15) is 0 Å². The monoisotopic (exact) mass is 488 g/mol. The number of amides is 1. The molecule has 0 radical (unpaired) electrons. The SMILES string of the molecule is CCN(Cc1nc2ccccc2c(=O)[nH]1)C(=O)C=Cc1ccc(OCc2c(C)noc2C)c(OC)c1. The van der Waals surface area contributed by atoms with E-state index < -0.39 is 0 Å². The van der Waals surface area contributed by atoms with Crippen LogP contribution < -0.4 is 15.0 Å². The number of carbonyl (C=O) groups is 1. The quantitative estimate of drug-likeness (QED) is 0.352. The van der Waals surface area contributed by atoms with Crippen LogP contribution in [0.15, 0.2) is 57.9 Å². The Kier molecular flexibility index (Phi) is 7.48. The molecule has 0 atom stereocenters. The highest BCUT2D eigenvalue weighted by Gasteiger charge is 2.14. The van der Waals surface area contributed by atoms with Crippen LogP contribution in [-0.2, 0) is 17.9 Å². The summed E-state index contributed by atoms with van der Waals surface area (Å²) in [7, 11) is 1.56. The van der Waals surface area contributed by atoms with Crippen molar-refractivity contribution in [2.45, 2.75) is 33.9 Å². The highest BCUT2D eigenvalue weighted by atomic mass is 16.5. The van der Waals surface area contributed by atoms with Gasteiger partial charge in [0.25, 0.3) is 5.56 Å². The first-order valence-corrected chi connectivity index (χ1v) is 11.6. The van der Waals surface area contributed by atoms with E-state index in [0.717, 1.165) is 16.8 Å². The van der Waals surface area contributed by atoms with Crippen molar-refractivity contribution >= 4 is 22.9 Å². The molecule has 0 fully saturated rings. The molecular weight excluding hydrogens is 460 g/mol. The summed E-state index contributed by atoms with van der Waals surface area (Å²) in [6.45, 7) is 6.54. The lowest BCUT2D eigenvalue weighted by Crippen LogP contribution is -2.30. The number of aryl methyl sites for hydroxylation is 2. The van der Waals surface area contributed by atoms with Gasteiger partial charge in [0.2, 0.25) is 5.91 Å². The van der Waals surface area contributed by atoms with E-state index in [2.05, 4.69) is 15.1 Å². The smallest absolute Gasteiger partial charge is 0.258 e. The average Bonchev–Trinajstić information content (AvgIpc) is 3.21. The second-order valence-corrected chi connectivity index (χ2v) is 8.22. The Hall–Kier alpha value is -4.40. The summed E-state index contributed by atoms with van der Waals surface area (Å²) in [5.41, 5.74) is 2.83. The van der Waals surface area contributed by atoms with E-state index >= 15 is 0 Å². The van der Waals surface area contributed by atoms with Gasteiger partial charge in [-0.1, -0.05) is 23.4 Å². The molecule has 36 heavy (non-hydrogen) atoms. The van der Waals surface area contributed by atoms with Crippen LogP contribution in [0.2, 0.25) is 0 Å². The number of aromatic nitrogens is 3. The predicted octanol–water partition coefficient (Wildman–Crippen LogP) is 4.18. The number of benzene rings is 2. The Morgan fingerprint density at radius 2 is 1.97 bits per heavy atom. The number of carbonyl (C=O) groups excluding carboxylic acids is 1. The lowest BCUT2D eigenvalue weighted by atomic mass is 10.1. The Morgan fingerprint density at radius 3 is 2.69 bits per heavy atom. The number of methoxy groups -OCH3 is 1. The highest BCUT2D eigenvalue weighted by molar-refractivity contribution is 5.91. The van der Waals surface area contributed by atoms with Crippen LogP contribution in [0, 0.1) is 13.8 Å². The van der Waals surface area contributed by atoms with Crippen LogP contribution in [0.3, 0.4) is 0 Å². The molecule has 4 aromatic rings. The van der Waals surface area contributed by atoms with Crippen molar-refractivity contribution in [1.82, 2.24) is 20.0 Å². The van der Waals surface area contributed by atoms with Gasteiger partial charge >= 0.3 is 0 Å². The van der Waals surface area contributed by atoms with Crippen LogP contribution >= 0.6 is 0 Å². The minimum absolute atomic E-state index is 0.192. The molecular formula is C27H28N4O5. The lowest BCUT2D eigenvalue weighted by molar-refractivity contribution is -0.126. The van der Waals surface area contributed by atoms with Crippen molar-refractivity contribution in [3.05, 3.63) is 87.3 Å². The molecule has 0 bridgehead atoms. The summed E-state index contributed by atoms with van der Waals surface area (Å²) in [6, 6.07) is 12.5. The van der Waals surface area contributed by atoms with Crippen molar-refractivity contribution in [2.75, 3.05) is 13.7 Å².